The Labute approximate surface area is 167 Å². The van der Waals surface area contributed by atoms with Gasteiger partial charge in [0.1, 0.15) is 0 Å². The SMILES string of the molecule is Cc1cc(C)c(C)c(SCC(=O)N2CCN([C@H]3CCS(=O)(=O)C3)CC2)c1C. The van der Waals surface area contributed by atoms with Crippen LogP contribution in [0.5, 0.6) is 0 Å². The van der Waals surface area contributed by atoms with E-state index >= 15 is 0 Å². The largest absolute Gasteiger partial charge is 0.339 e. The minimum atomic E-state index is -2.85. The number of hydrogen-bond donors (Lipinski definition) is 0. The van der Waals surface area contributed by atoms with E-state index in [1.807, 2.05) is 4.90 Å². The number of nitrogens with zero attached hydrogens (tertiary/aromatic N) is 2. The number of benzene rings is 1. The van der Waals surface area contributed by atoms with Gasteiger partial charge in [0.25, 0.3) is 0 Å². The van der Waals surface area contributed by atoms with Gasteiger partial charge in [-0.25, -0.2) is 8.42 Å². The summed E-state index contributed by atoms with van der Waals surface area (Å²) in [6.07, 6.45) is 0.734. The zero-order chi connectivity index (χ0) is 19.8. The minimum absolute atomic E-state index is 0.141. The lowest BCUT2D eigenvalue weighted by Crippen LogP contribution is -2.52. The van der Waals surface area contributed by atoms with E-state index in [1.54, 1.807) is 11.8 Å². The Kier molecular flexibility index (Phi) is 6.23. The average Bonchev–Trinajstić information content (AvgIpc) is 3.00. The van der Waals surface area contributed by atoms with Crippen molar-refractivity contribution in [1.29, 1.82) is 0 Å². The molecule has 27 heavy (non-hydrogen) atoms. The van der Waals surface area contributed by atoms with Gasteiger partial charge in [0.2, 0.25) is 5.91 Å². The molecule has 2 aliphatic rings. The third-order valence-corrected chi connectivity index (χ3v) is 9.07. The van der Waals surface area contributed by atoms with Crippen LogP contribution >= 0.6 is 11.8 Å². The van der Waals surface area contributed by atoms with E-state index in [0.29, 0.717) is 24.6 Å². The maximum atomic E-state index is 12.7. The Balaban J connectivity index is 1.54. The molecule has 1 atom stereocenters. The quantitative estimate of drug-likeness (QED) is 0.713. The minimum Gasteiger partial charge on any atom is -0.339 e. The van der Waals surface area contributed by atoms with Crippen molar-refractivity contribution in [3.8, 4) is 0 Å². The van der Waals surface area contributed by atoms with Gasteiger partial charge in [-0.2, -0.15) is 0 Å². The molecule has 3 rings (SSSR count). The molecule has 0 spiro atoms. The van der Waals surface area contributed by atoms with Gasteiger partial charge >= 0.3 is 0 Å². The lowest BCUT2D eigenvalue weighted by molar-refractivity contribution is -0.130. The number of amides is 1. The number of thioether (sulfide) groups is 1. The van der Waals surface area contributed by atoms with Gasteiger partial charge in [-0.3, -0.25) is 9.69 Å². The van der Waals surface area contributed by atoms with Crippen molar-refractivity contribution in [2.75, 3.05) is 43.4 Å². The summed E-state index contributed by atoms with van der Waals surface area (Å²) < 4.78 is 23.4. The molecule has 0 unspecified atom stereocenters. The van der Waals surface area contributed by atoms with E-state index in [0.717, 1.165) is 19.5 Å². The first kappa shape index (κ1) is 20.7. The number of piperazine rings is 1. The molecule has 0 saturated carbocycles. The fraction of sp³-hybridized carbons (Fsp3) is 0.650. The van der Waals surface area contributed by atoms with Crippen molar-refractivity contribution in [1.82, 2.24) is 9.80 Å². The summed E-state index contributed by atoms with van der Waals surface area (Å²) >= 11 is 1.65. The molecular weight excluding hydrogens is 380 g/mol. The Morgan fingerprint density at radius 2 is 1.67 bits per heavy atom. The zero-order valence-corrected chi connectivity index (χ0v) is 18.4. The van der Waals surface area contributed by atoms with Gasteiger partial charge < -0.3 is 4.90 Å². The van der Waals surface area contributed by atoms with Crippen molar-refractivity contribution in [2.24, 2.45) is 0 Å². The second kappa shape index (κ2) is 8.13. The van der Waals surface area contributed by atoms with E-state index in [-0.39, 0.29) is 17.7 Å². The van der Waals surface area contributed by atoms with Crippen LogP contribution in [0, 0.1) is 27.7 Å². The maximum Gasteiger partial charge on any atom is 0.233 e. The number of carbonyl (C=O) groups excluding carboxylic acids is 1. The molecule has 2 aliphatic heterocycles. The third kappa shape index (κ3) is 4.69. The van der Waals surface area contributed by atoms with Crippen molar-refractivity contribution < 1.29 is 13.2 Å². The molecule has 1 amide bonds. The standard InChI is InChI=1S/C20H30N2O3S2/c1-14-11-15(2)17(4)20(16(14)3)26-12-19(23)22-8-6-21(7-9-22)18-5-10-27(24,25)13-18/h11,18H,5-10,12-13H2,1-4H3/t18-/m0/s1. The average molecular weight is 411 g/mol. The smallest absolute Gasteiger partial charge is 0.233 e. The predicted octanol–water partition coefficient (Wildman–Crippen LogP) is 2.34. The molecule has 0 aromatic heterocycles. The number of rotatable bonds is 4. The van der Waals surface area contributed by atoms with Crippen LogP contribution in [-0.2, 0) is 14.6 Å². The Morgan fingerprint density at radius 3 is 2.19 bits per heavy atom. The molecule has 0 bridgehead atoms. The third-order valence-electron chi connectivity index (χ3n) is 6.03. The highest BCUT2D eigenvalue weighted by Crippen LogP contribution is 2.31. The molecule has 2 heterocycles. The monoisotopic (exact) mass is 410 g/mol. The van der Waals surface area contributed by atoms with E-state index in [4.69, 9.17) is 0 Å². The fourth-order valence-electron chi connectivity index (χ4n) is 4.02. The van der Waals surface area contributed by atoms with Crippen LogP contribution in [0.2, 0.25) is 0 Å². The molecule has 1 aromatic carbocycles. The van der Waals surface area contributed by atoms with Crippen LogP contribution in [-0.4, -0.2) is 73.6 Å². The first-order chi connectivity index (χ1) is 12.7. The first-order valence-electron chi connectivity index (χ1n) is 9.60. The fourth-order valence-corrected chi connectivity index (χ4v) is 6.99. The summed E-state index contributed by atoms with van der Waals surface area (Å²) in [7, 11) is -2.85. The highest BCUT2D eigenvalue weighted by molar-refractivity contribution is 8.00. The van der Waals surface area contributed by atoms with Crippen molar-refractivity contribution >= 4 is 27.5 Å². The maximum absolute atomic E-state index is 12.7. The van der Waals surface area contributed by atoms with Gasteiger partial charge in [-0.15, -0.1) is 11.8 Å². The second-order valence-electron chi connectivity index (χ2n) is 7.85. The van der Waals surface area contributed by atoms with Crippen LogP contribution in [0.15, 0.2) is 11.0 Å². The lowest BCUT2D eigenvalue weighted by Gasteiger charge is -2.37. The molecular formula is C20H30N2O3S2. The molecule has 2 fully saturated rings. The summed E-state index contributed by atoms with van der Waals surface area (Å²) in [5, 5.41) is 0. The number of sulfone groups is 1. The molecule has 2 saturated heterocycles. The van der Waals surface area contributed by atoms with Crippen LogP contribution in [0.4, 0.5) is 0 Å². The summed E-state index contributed by atoms with van der Waals surface area (Å²) in [5.41, 5.74) is 5.08. The lowest BCUT2D eigenvalue weighted by atomic mass is 10.0. The van der Waals surface area contributed by atoms with Crippen molar-refractivity contribution in [2.45, 2.75) is 45.1 Å². The molecule has 0 aliphatic carbocycles. The molecule has 1 aromatic rings. The molecule has 0 N–H and O–H groups in total. The Hall–Kier alpha value is -1.05. The summed E-state index contributed by atoms with van der Waals surface area (Å²) in [4.78, 5) is 18.1. The van der Waals surface area contributed by atoms with Crippen molar-refractivity contribution in [3.63, 3.8) is 0 Å². The van der Waals surface area contributed by atoms with Gasteiger partial charge in [0, 0.05) is 37.1 Å². The molecule has 5 nitrogen and oxygen atoms in total. The molecule has 0 radical (unpaired) electrons. The predicted molar refractivity (Wildman–Crippen MR) is 111 cm³/mol. The normalized spacial score (nSPS) is 23.0. The van der Waals surface area contributed by atoms with Crippen LogP contribution in [0.3, 0.4) is 0 Å². The number of aryl methyl sites for hydroxylation is 2. The number of carbonyl (C=O) groups is 1. The Morgan fingerprint density at radius 1 is 1.07 bits per heavy atom. The van der Waals surface area contributed by atoms with Crippen LogP contribution in [0.25, 0.3) is 0 Å². The topological polar surface area (TPSA) is 57.7 Å². The molecule has 7 heteroatoms. The Bertz CT molecular complexity index is 802. The highest BCUT2D eigenvalue weighted by atomic mass is 32.2. The highest BCUT2D eigenvalue weighted by Gasteiger charge is 2.34. The van der Waals surface area contributed by atoms with Crippen LogP contribution < -0.4 is 0 Å². The van der Waals surface area contributed by atoms with Gasteiger partial charge in [-0.1, -0.05) is 6.07 Å². The number of hydrogen-bond acceptors (Lipinski definition) is 5. The van der Waals surface area contributed by atoms with Gasteiger partial charge in [-0.05, 0) is 56.4 Å². The zero-order valence-electron chi connectivity index (χ0n) is 16.7. The van der Waals surface area contributed by atoms with Crippen molar-refractivity contribution in [3.05, 3.63) is 28.3 Å². The van der Waals surface area contributed by atoms with E-state index in [2.05, 4.69) is 38.7 Å². The second-order valence-corrected chi connectivity index (χ2v) is 11.1. The summed E-state index contributed by atoms with van der Waals surface area (Å²) in [6.45, 7) is 11.4. The first-order valence-corrected chi connectivity index (χ1v) is 12.4. The van der Waals surface area contributed by atoms with Gasteiger partial charge in [0.15, 0.2) is 9.84 Å². The van der Waals surface area contributed by atoms with E-state index < -0.39 is 9.84 Å². The van der Waals surface area contributed by atoms with Gasteiger partial charge in [0.05, 0.1) is 17.3 Å². The molecule has 150 valence electrons. The van der Waals surface area contributed by atoms with Crippen LogP contribution in [0.1, 0.15) is 28.7 Å². The van der Waals surface area contributed by atoms with E-state index in [1.165, 1.54) is 27.1 Å². The van der Waals surface area contributed by atoms with E-state index in [9.17, 15) is 13.2 Å². The summed E-state index contributed by atoms with van der Waals surface area (Å²) in [5.74, 6) is 1.23. The summed E-state index contributed by atoms with van der Waals surface area (Å²) in [6, 6.07) is 2.35.